The number of rotatable bonds is 4. The molecule has 0 atom stereocenters. The lowest BCUT2D eigenvalue weighted by Gasteiger charge is -2.10. The maximum Gasteiger partial charge on any atom is 0.165 e. The number of methoxy groups -OCH3 is 1. The molecule has 2 aromatic carbocycles. The Bertz CT molecular complexity index is 590. The maximum absolute atomic E-state index is 13.2. The SMILES string of the molecule is COc1ccc(Cl)c(NCc2ccc(O)c(F)c2)c1. The van der Waals surface area contributed by atoms with Crippen LogP contribution in [0.3, 0.4) is 0 Å². The standard InChI is InChI=1S/C14H13ClFNO2/c1-19-10-3-4-11(15)13(7-10)17-8-9-2-5-14(18)12(16)6-9/h2-7,17-18H,8H2,1H3. The molecule has 0 bridgehead atoms. The van der Waals surface area contributed by atoms with E-state index in [9.17, 15) is 4.39 Å². The van der Waals surface area contributed by atoms with E-state index in [-0.39, 0.29) is 5.75 Å². The molecule has 100 valence electrons. The zero-order valence-electron chi connectivity index (χ0n) is 10.3. The van der Waals surface area contributed by atoms with E-state index in [1.54, 1.807) is 31.4 Å². The van der Waals surface area contributed by atoms with E-state index in [4.69, 9.17) is 21.4 Å². The first-order chi connectivity index (χ1) is 9.10. The second-order valence-electron chi connectivity index (χ2n) is 3.99. The molecule has 0 saturated carbocycles. The van der Waals surface area contributed by atoms with Gasteiger partial charge < -0.3 is 15.2 Å². The average molecular weight is 282 g/mol. The van der Waals surface area contributed by atoms with Gasteiger partial charge in [-0.2, -0.15) is 0 Å². The molecule has 0 aromatic heterocycles. The quantitative estimate of drug-likeness (QED) is 0.895. The molecule has 3 nitrogen and oxygen atoms in total. The molecule has 0 aliphatic carbocycles. The van der Waals surface area contributed by atoms with Crippen LogP contribution in [0.25, 0.3) is 0 Å². The summed E-state index contributed by atoms with van der Waals surface area (Å²) in [4.78, 5) is 0. The van der Waals surface area contributed by atoms with Crippen molar-refractivity contribution >= 4 is 17.3 Å². The molecular weight excluding hydrogens is 269 g/mol. The maximum atomic E-state index is 13.2. The molecule has 0 amide bonds. The van der Waals surface area contributed by atoms with Gasteiger partial charge in [-0.05, 0) is 29.8 Å². The van der Waals surface area contributed by atoms with E-state index in [0.717, 1.165) is 0 Å². The summed E-state index contributed by atoms with van der Waals surface area (Å²) in [6.07, 6.45) is 0. The molecule has 0 unspecified atom stereocenters. The predicted octanol–water partition coefficient (Wildman–Crippen LogP) is 3.81. The fourth-order valence-electron chi connectivity index (χ4n) is 1.62. The fraction of sp³-hybridized carbons (Fsp3) is 0.143. The third kappa shape index (κ3) is 3.29. The van der Waals surface area contributed by atoms with Gasteiger partial charge in [-0.15, -0.1) is 0 Å². The van der Waals surface area contributed by atoms with Gasteiger partial charge in [0.25, 0.3) is 0 Å². The van der Waals surface area contributed by atoms with Crippen molar-refractivity contribution in [3.8, 4) is 11.5 Å². The third-order valence-corrected chi connectivity index (χ3v) is 3.00. The number of hydrogen-bond donors (Lipinski definition) is 2. The molecule has 0 fully saturated rings. The minimum atomic E-state index is -0.643. The first-order valence-corrected chi connectivity index (χ1v) is 6.03. The van der Waals surface area contributed by atoms with Crippen LogP contribution in [0.4, 0.5) is 10.1 Å². The lowest BCUT2D eigenvalue weighted by atomic mass is 10.2. The lowest BCUT2D eigenvalue weighted by Crippen LogP contribution is -2.00. The van der Waals surface area contributed by atoms with Crippen LogP contribution in [-0.4, -0.2) is 12.2 Å². The fourth-order valence-corrected chi connectivity index (χ4v) is 1.81. The van der Waals surface area contributed by atoms with Gasteiger partial charge in [0.05, 0.1) is 17.8 Å². The van der Waals surface area contributed by atoms with E-state index in [1.807, 2.05) is 0 Å². The molecule has 0 saturated heterocycles. The van der Waals surface area contributed by atoms with Crippen LogP contribution in [0.15, 0.2) is 36.4 Å². The second-order valence-corrected chi connectivity index (χ2v) is 4.39. The summed E-state index contributed by atoms with van der Waals surface area (Å²) in [5, 5.41) is 12.8. The molecule has 0 spiro atoms. The highest BCUT2D eigenvalue weighted by molar-refractivity contribution is 6.33. The Morgan fingerprint density at radius 3 is 2.74 bits per heavy atom. The van der Waals surface area contributed by atoms with E-state index < -0.39 is 5.82 Å². The van der Waals surface area contributed by atoms with Gasteiger partial charge in [0.2, 0.25) is 0 Å². The van der Waals surface area contributed by atoms with Crippen molar-refractivity contribution in [2.24, 2.45) is 0 Å². The van der Waals surface area contributed by atoms with Crippen molar-refractivity contribution in [1.82, 2.24) is 0 Å². The Balaban J connectivity index is 2.11. The van der Waals surface area contributed by atoms with Crippen LogP contribution in [0.5, 0.6) is 11.5 Å². The monoisotopic (exact) mass is 281 g/mol. The summed E-state index contributed by atoms with van der Waals surface area (Å²) < 4.78 is 18.3. The third-order valence-electron chi connectivity index (χ3n) is 2.67. The Hall–Kier alpha value is -1.94. The van der Waals surface area contributed by atoms with Crippen LogP contribution < -0.4 is 10.1 Å². The zero-order chi connectivity index (χ0) is 13.8. The van der Waals surface area contributed by atoms with Crippen LogP contribution in [0.1, 0.15) is 5.56 Å². The van der Waals surface area contributed by atoms with Crippen molar-refractivity contribution in [2.45, 2.75) is 6.54 Å². The molecular formula is C14H13ClFNO2. The van der Waals surface area contributed by atoms with Crippen LogP contribution in [0, 0.1) is 5.82 Å². The smallest absolute Gasteiger partial charge is 0.165 e. The van der Waals surface area contributed by atoms with Gasteiger partial charge in [-0.25, -0.2) is 4.39 Å². The molecule has 0 heterocycles. The van der Waals surface area contributed by atoms with Crippen molar-refractivity contribution in [2.75, 3.05) is 12.4 Å². The largest absolute Gasteiger partial charge is 0.505 e. The number of benzene rings is 2. The molecule has 0 aliphatic heterocycles. The van der Waals surface area contributed by atoms with Crippen LogP contribution in [0.2, 0.25) is 5.02 Å². The van der Waals surface area contributed by atoms with Crippen LogP contribution >= 0.6 is 11.6 Å². The average Bonchev–Trinajstić information content (AvgIpc) is 2.41. The number of anilines is 1. The van der Waals surface area contributed by atoms with Crippen molar-refractivity contribution in [3.05, 3.63) is 52.8 Å². The molecule has 0 aliphatic rings. The van der Waals surface area contributed by atoms with E-state index in [1.165, 1.54) is 12.1 Å². The Morgan fingerprint density at radius 1 is 1.26 bits per heavy atom. The van der Waals surface area contributed by atoms with Gasteiger partial charge >= 0.3 is 0 Å². The summed E-state index contributed by atoms with van der Waals surface area (Å²) in [5.74, 6) is -0.317. The Kier molecular flexibility index (Phi) is 4.12. The zero-order valence-corrected chi connectivity index (χ0v) is 11.0. The van der Waals surface area contributed by atoms with Gasteiger partial charge in [0, 0.05) is 12.6 Å². The Morgan fingerprint density at radius 2 is 2.05 bits per heavy atom. The number of hydrogen-bond acceptors (Lipinski definition) is 3. The topological polar surface area (TPSA) is 41.5 Å². The molecule has 19 heavy (non-hydrogen) atoms. The van der Waals surface area contributed by atoms with Crippen molar-refractivity contribution in [3.63, 3.8) is 0 Å². The van der Waals surface area contributed by atoms with Gasteiger partial charge in [0.15, 0.2) is 11.6 Å². The number of phenolic OH excluding ortho intramolecular Hbond substituents is 1. The summed E-state index contributed by atoms with van der Waals surface area (Å²) in [7, 11) is 1.57. The molecule has 2 aromatic rings. The molecule has 2 N–H and O–H groups in total. The van der Waals surface area contributed by atoms with Gasteiger partial charge in [-0.1, -0.05) is 17.7 Å². The summed E-state index contributed by atoms with van der Waals surface area (Å²) in [6.45, 7) is 0.393. The Labute approximate surface area is 115 Å². The minimum Gasteiger partial charge on any atom is -0.505 e. The highest BCUT2D eigenvalue weighted by atomic mass is 35.5. The molecule has 0 radical (unpaired) electrons. The van der Waals surface area contributed by atoms with Gasteiger partial charge in [0.1, 0.15) is 5.75 Å². The number of ether oxygens (including phenoxy) is 1. The summed E-state index contributed by atoms with van der Waals surface area (Å²) in [6, 6.07) is 9.47. The van der Waals surface area contributed by atoms with Crippen LogP contribution in [-0.2, 0) is 6.54 Å². The minimum absolute atomic E-state index is 0.358. The van der Waals surface area contributed by atoms with E-state index in [2.05, 4.69) is 5.32 Å². The van der Waals surface area contributed by atoms with Crippen molar-refractivity contribution < 1.29 is 14.2 Å². The predicted molar refractivity (Wildman–Crippen MR) is 73.4 cm³/mol. The number of phenols is 1. The number of aromatic hydroxyl groups is 1. The summed E-state index contributed by atoms with van der Waals surface area (Å²) >= 11 is 6.04. The second kappa shape index (κ2) is 5.80. The van der Waals surface area contributed by atoms with E-state index >= 15 is 0 Å². The molecule has 5 heteroatoms. The summed E-state index contributed by atoms with van der Waals surface area (Å²) in [5.41, 5.74) is 1.41. The highest BCUT2D eigenvalue weighted by Gasteiger charge is 2.04. The van der Waals surface area contributed by atoms with Gasteiger partial charge in [-0.3, -0.25) is 0 Å². The first-order valence-electron chi connectivity index (χ1n) is 5.65. The van der Waals surface area contributed by atoms with E-state index in [0.29, 0.717) is 28.6 Å². The number of halogens is 2. The highest BCUT2D eigenvalue weighted by Crippen LogP contribution is 2.27. The lowest BCUT2D eigenvalue weighted by molar-refractivity contribution is 0.415. The first kappa shape index (κ1) is 13.5. The normalized spacial score (nSPS) is 10.3. The van der Waals surface area contributed by atoms with Crippen molar-refractivity contribution in [1.29, 1.82) is 0 Å². The number of nitrogens with one attached hydrogen (secondary N) is 1. The molecule has 2 rings (SSSR count).